The summed E-state index contributed by atoms with van der Waals surface area (Å²) in [5, 5.41) is 2.66. The van der Waals surface area contributed by atoms with Crippen LogP contribution in [0.3, 0.4) is 0 Å². The van der Waals surface area contributed by atoms with Crippen molar-refractivity contribution in [3.8, 4) is 22.3 Å². The van der Waals surface area contributed by atoms with Gasteiger partial charge in [0.1, 0.15) is 0 Å². The second-order valence-corrected chi connectivity index (χ2v) is 16.2. The van der Waals surface area contributed by atoms with Crippen molar-refractivity contribution in [2.75, 3.05) is 4.90 Å². The van der Waals surface area contributed by atoms with Gasteiger partial charge in [0.05, 0.1) is 5.41 Å². The standard InChI is InChI=1S/C55H39NS/c1-3-14-38(15-4-1)39-26-32-43(33-27-39)56(44-34-28-40(29-35-44)46-21-13-22-50-49-20-9-12-25-53(49)57-54(46)50)45-36-30-42(31-37-45)55(41-16-5-2-6-17-41)51-23-10-7-18-47(51)48-19-8-11-24-52(48)55/h1-26,28-32,34-37H,27,33H2. The molecule has 0 saturated heterocycles. The van der Waals surface area contributed by atoms with Gasteiger partial charge in [-0.15, -0.1) is 11.3 Å². The summed E-state index contributed by atoms with van der Waals surface area (Å²) in [6.07, 6.45) is 6.59. The highest BCUT2D eigenvalue weighted by atomic mass is 32.1. The topological polar surface area (TPSA) is 3.24 Å². The molecule has 0 bridgehead atoms. The number of hydrogen-bond acceptors (Lipinski definition) is 2. The number of hydrogen-bond donors (Lipinski definition) is 0. The Morgan fingerprint density at radius 1 is 0.404 bits per heavy atom. The van der Waals surface area contributed by atoms with E-state index in [1.165, 1.54) is 81.5 Å². The van der Waals surface area contributed by atoms with Gasteiger partial charge < -0.3 is 4.90 Å². The number of nitrogens with zero attached hydrogens (tertiary/aromatic N) is 1. The molecular formula is C55H39NS. The van der Waals surface area contributed by atoms with Gasteiger partial charge in [-0.25, -0.2) is 0 Å². The van der Waals surface area contributed by atoms with E-state index in [4.69, 9.17) is 0 Å². The van der Waals surface area contributed by atoms with E-state index in [2.05, 4.69) is 217 Å². The first-order valence-corrected chi connectivity index (χ1v) is 20.7. The predicted octanol–water partition coefficient (Wildman–Crippen LogP) is 15.0. The summed E-state index contributed by atoms with van der Waals surface area (Å²) in [5.74, 6) is 0. The second kappa shape index (κ2) is 13.8. The van der Waals surface area contributed by atoms with E-state index in [0.29, 0.717) is 0 Å². The van der Waals surface area contributed by atoms with Crippen LogP contribution >= 0.6 is 11.3 Å². The van der Waals surface area contributed by atoms with Crippen LogP contribution in [0.15, 0.2) is 218 Å². The zero-order chi connectivity index (χ0) is 37.8. The number of allylic oxidation sites excluding steroid dienone is 4. The molecule has 0 spiro atoms. The highest BCUT2D eigenvalue weighted by Crippen LogP contribution is 2.56. The van der Waals surface area contributed by atoms with E-state index in [-0.39, 0.29) is 0 Å². The number of fused-ring (bicyclic) bond motifs is 6. The lowest BCUT2D eigenvalue weighted by atomic mass is 9.68. The van der Waals surface area contributed by atoms with Crippen LogP contribution in [0.5, 0.6) is 0 Å². The molecule has 8 aromatic carbocycles. The van der Waals surface area contributed by atoms with Gasteiger partial charge in [-0.05, 0) is 105 Å². The van der Waals surface area contributed by atoms with Crippen LogP contribution in [-0.2, 0) is 5.41 Å². The van der Waals surface area contributed by atoms with Crippen LogP contribution in [0.4, 0.5) is 11.4 Å². The highest BCUT2D eigenvalue weighted by Gasteiger charge is 2.45. The summed E-state index contributed by atoms with van der Waals surface area (Å²) in [5.41, 5.74) is 16.2. The Bertz CT molecular complexity index is 2940. The minimum atomic E-state index is -0.426. The Balaban J connectivity index is 1.04. The lowest BCUT2D eigenvalue weighted by molar-refractivity contribution is 0.768. The third kappa shape index (κ3) is 5.44. The van der Waals surface area contributed by atoms with Crippen LogP contribution in [0, 0.1) is 0 Å². The minimum absolute atomic E-state index is 0.426. The van der Waals surface area contributed by atoms with Gasteiger partial charge in [-0.3, -0.25) is 0 Å². The third-order valence-electron chi connectivity index (χ3n) is 12.1. The van der Waals surface area contributed by atoms with Crippen LogP contribution in [0.1, 0.15) is 40.7 Å². The van der Waals surface area contributed by atoms with Gasteiger partial charge in [-0.1, -0.05) is 176 Å². The summed E-state index contributed by atoms with van der Waals surface area (Å²) in [6, 6.07) is 73.9. The smallest absolute Gasteiger partial charge is 0.0713 e. The van der Waals surface area contributed by atoms with Crippen LogP contribution in [0.25, 0.3) is 48.0 Å². The zero-order valence-corrected chi connectivity index (χ0v) is 32.3. The molecule has 1 nitrogen and oxygen atoms in total. The summed E-state index contributed by atoms with van der Waals surface area (Å²) >= 11 is 1.89. The molecule has 0 saturated carbocycles. The molecule has 2 aliphatic carbocycles. The first kappa shape index (κ1) is 33.6. The molecule has 0 amide bonds. The van der Waals surface area contributed by atoms with Crippen molar-refractivity contribution in [2.45, 2.75) is 18.3 Å². The third-order valence-corrected chi connectivity index (χ3v) is 13.3. The van der Waals surface area contributed by atoms with Crippen molar-refractivity contribution < 1.29 is 0 Å². The van der Waals surface area contributed by atoms with Crippen molar-refractivity contribution in [2.24, 2.45) is 0 Å². The fraction of sp³-hybridized carbons (Fsp3) is 0.0545. The Kier molecular flexibility index (Phi) is 8.12. The van der Waals surface area contributed by atoms with Crippen molar-refractivity contribution in [3.63, 3.8) is 0 Å². The highest BCUT2D eigenvalue weighted by molar-refractivity contribution is 7.26. The molecule has 0 N–H and O–H groups in total. The van der Waals surface area contributed by atoms with Gasteiger partial charge >= 0.3 is 0 Å². The number of rotatable bonds is 7. The molecule has 0 fully saturated rings. The minimum Gasteiger partial charge on any atom is -0.314 e. The van der Waals surface area contributed by atoms with Crippen molar-refractivity contribution in [1.82, 2.24) is 0 Å². The average molecular weight is 746 g/mol. The predicted molar refractivity (Wildman–Crippen MR) is 242 cm³/mol. The van der Waals surface area contributed by atoms with Crippen LogP contribution in [-0.4, -0.2) is 0 Å². The maximum atomic E-state index is 2.47. The molecule has 2 heteroatoms. The quantitative estimate of drug-likeness (QED) is 0.157. The summed E-state index contributed by atoms with van der Waals surface area (Å²) in [4.78, 5) is 2.47. The Hall–Kier alpha value is -6.74. The first-order chi connectivity index (χ1) is 28.3. The maximum absolute atomic E-state index is 2.47. The molecule has 0 aliphatic heterocycles. The van der Waals surface area contributed by atoms with E-state index in [1.807, 2.05) is 11.3 Å². The van der Waals surface area contributed by atoms with Gasteiger partial charge in [0.2, 0.25) is 0 Å². The van der Waals surface area contributed by atoms with E-state index in [9.17, 15) is 0 Å². The molecule has 57 heavy (non-hydrogen) atoms. The fourth-order valence-electron chi connectivity index (χ4n) is 9.52. The number of thiophene rings is 1. The fourth-order valence-corrected chi connectivity index (χ4v) is 10.8. The van der Waals surface area contributed by atoms with Crippen molar-refractivity contribution >= 4 is 48.5 Å². The number of anilines is 2. The lowest BCUT2D eigenvalue weighted by Gasteiger charge is -2.35. The van der Waals surface area contributed by atoms with Crippen molar-refractivity contribution in [1.29, 1.82) is 0 Å². The molecule has 1 aromatic heterocycles. The van der Waals surface area contributed by atoms with Gasteiger partial charge in [0.25, 0.3) is 0 Å². The monoisotopic (exact) mass is 745 g/mol. The van der Waals surface area contributed by atoms with Gasteiger partial charge in [0, 0.05) is 37.2 Å². The SMILES string of the molecule is C1=C(c2ccccc2)CCC(N(c2ccc(-c3cccc4c3sc3ccccc34)cc2)c2ccc(C3(c4ccccc4)c4ccccc4-c4ccccc43)cc2)=C1. The van der Waals surface area contributed by atoms with E-state index in [0.717, 1.165) is 24.2 Å². The second-order valence-electron chi connectivity index (χ2n) is 15.1. The van der Waals surface area contributed by atoms with Crippen LogP contribution in [0.2, 0.25) is 0 Å². The number of benzene rings is 8. The average Bonchev–Trinajstić information content (AvgIpc) is 3.82. The lowest BCUT2D eigenvalue weighted by Crippen LogP contribution is -2.28. The maximum Gasteiger partial charge on any atom is 0.0713 e. The molecule has 0 atom stereocenters. The molecule has 0 radical (unpaired) electrons. The Morgan fingerprint density at radius 2 is 0.965 bits per heavy atom. The molecule has 11 rings (SSSR count). The molecule has 1 heterocycles. The van der Waals surface area contributed by atoms with Crippen molar-refractivity contribution in [3.05, 3.63) is 246 Å². The van der Waals surface area contributed by atoms with Gasteiger partial charge in [0.15, 0.2) is 0 Å². The molecule has 0 unspecified atom stereocenters. The summed E-state index contributed by atoms with van der Waals surface area (Å²) in [6.45, 7) is 0. The molecule has 9 aromatic rings. The Labute approximate surface area is 338 Å². The van der Waals surface area contributed by atoms with E-state index in [1.54, 1.807) is 0 Å². The van der Waals surface area contributed by atoms with E-state index >= 15 is 0 Å². The van der Waals surface area contributed by atoms with Gasteiger partial charge in [-0.2, -0.15) is 0 Å². The van der Waals surface area contributed by atoms with E-state index < -0.39 is 5.41 Å². The first-order valence-electron chi connectivity index (χ1n) is 19.9. The Morgan fingerprint density at radius 3 is 1.65 bits per heavy atom. The molecule has 270 valence electrons. The normalized spacial score (nSPS) is 14.2. The van der Waals surface area contributed by atoms with Crippen LogP contribution < -0.4 is 4.90 Å². The largest absolute Gasteiger partial charge is 0.314 e. The summed E-state index contributed by atoms with van der Waals surface area (Å²) in [7, 11) is 0. The molecular weight excluding hydrogens is 707 g/mol. The zero-order valence-electron chi connectivity index (χ0n) is 31.5. The molecule has 2 aliphatic rings. The summed E-state index contributed by atoms with van der Waals surface area (Å²) < 4.78 is 2.67.